The van der Waals surface area contributed by atoms with Crippen LogP contribution in [0.1, 0.15) is 29.9 Å². The van der Waals surface area contributed by atoms with Crippen LogP contribution in [0.2, 0.25) is 0 Å². The Morgan fingerprint density at radius 1 is 1.14 bits per heavy atom. The average molecular weight is 489 g/mol. The normalized spacial score (nSPS) is 13.6. The van der Waals surface area contributed by atoms with E-state index in [4.69, 9.17) is 4.98 Å². The Balaban J connectivity index is 1.37. The van der Waals surface area contributed by atoms with Crippen LogP contribution >= 0.6 is 0 Å². The maximum atomic E-state index is 12.2. The molecule has 9 heteroatoms. The van der Waals surface area contributed by atoms with Gasteiger partial charge in [-0.1, -0.05) is 24.8 Å². The third kappa shape index (κ3) is 4.42. The molecule has 0 atom stereocenters. The minimum atomic E-state index is 0.0456. The fourth-order valence-electron chi connectivity index (χ4n) is 4.26. The molecule has 0 saturated heterocycles. The first kappa shape index (κ1) is 22.5. The van der Waals surface area contributed by atoms with Crippen molar-refractivity contribution in [3.05, 3.63) is 90.9 Å². The molecular formula is C28H24N8O. The quantitative estimate of drug-likeness (QED) is 0.274. The number of fused-ring (bicyclic) bond motifs is 1. The lowest BCUT2D eigenvalue weighted by Crippen LogP contribution is -2.13. The first-order valence-corrected chi connectivity index (χ1v) is 12.0. The number of hydrogen-bond donors (Lipinski definition) is 3. The van der Waals surface area contributed by atoms with Crippen LogP contribution in [0.3, 0.4) is 0 Å². The Morgan fingerprint density at radius 2 is 2.00 bits per heavy atom. The SMILES string of the molecule is C=C/C=C(/c1ccccn1)c1nc(-c2[nH]nc3ncc(-c4cncc(NC(=O)C5CC5)c4)cc23)[nH]c1C. The molecule has 1 saturated carbocycles. The van der Waals surface area contributed by atoms with Crippen LogP contribution in [0, 0.1) is 12.8 Å². The molecule has 0 unspecified atom stereocenters. The minimum absolute atomic E-state index is 0.0456. The number of nitrogens with one attached hydrogen (secondary N) is 3. The molecule has 0 spiro atoms. The summed E-state index contributed by atoms with van der Waals surface area (Å²) in [5, 5.41) is 11.2. The van der Waals surface area contributed by atoms with Crippen molar-refractivity contribution in [2.24, 2.45) is 5.92 Å². The van der Waals surface area contributed by atoms with Crippen LogP contribution in [0.4, 0.5) is 5.69 Å². The molecule has 6 rings (SSSR count). The van der Waals surface area contributed by atoms with Gasteiger partial charge < -0.3 is 10.3 Å². The number of carbonyl (C=O) groups excluding carboxylic acids is 1. The van der Waals surface area contributed by atoms with Gasteiger partial charge in [-0.2, -0.15) is 5.10 Å². The summed E-state index contributed by atoms with van der Waals surface area (Å²) in [6.45, 7) is 5.83. The van der Waals surface area contributed by atoms with Crippen LogP contribution in [-0.4, -0.2) is 41.0 Å². The molecule has 1 aliphatic carbocycles. The monoisotopic (exact) mass is 488 g/mol. The average Bonchev–Trinajstić information content (AvgIpc) is 3.59. The van der Waals surface area contributed by atoms with Gasteiger partial charge >= 0.3 is 0 Å². The third-order valence-corrected chi connectivity index (χ3v) is 6.30. The van der Waals surface area contributed by atoms with Gasteiger partial charge in [-0.15, -0.1) is 0 Å². The van der Waals surface area contributed by atoms with Crippen molar-refractivity contribution in [3.8, 4) is 22.6 Å². The zero-order chi connectivity index (χ0) is 25.4. The van der Waals surface area contributed by atoms with Crippen molar-refractivity contribution >= 4 is 28.2 Å². The van der Waals surface area contributed by atoms with Crippen molar-refractivity contribution in [2.75, 3.05) is 5.32 Å². The number of H-pyrrole nitrogens is 2. The summed E-state index contributed by atoms with van der Waals surface area (Å²) in [5.74, 6) is 0.809. The molecule has 37 heavy (non-hydrogen) atoms. The van der Waals surface area contributed by atoms with Crippen molar-refractivity contribution in [3.63, 3.8) is 0 Å². The van der Waals surface area contributed by atoms with Crippen molar-refractivity contribution < 1.29 is 4.79 Å². The maximum Gasteiger partial charge on any atom is 0.227 e. The van der Waals surface area contributed by atoms with E-state index in [1.54, 1.807) is 30.9 Å². The molecule has 1 amide bonds. The van der Waals surface area contributed by atoms with E-state index in [0.29, 0.717) is 17.2 Å². The maximum absolute atomic E-state index is 12.2. The molecule has 5 aromatic heterocycles. The predicted octanol–water partition coefficient (Wildman–Crippen LogP) is 5.08. The highest BCUT2D eigenvalue weighted by Gasteiger charge is 2.29. The van der Waals surface area contributed by atoms with Gasteiger partial charge in [0.2, 0.25) is 5.91 Å². The molecule has 182 valence electrons. The number of aromatic nitrogens is 7. The summed E-state index contributed by atoms with van der Waals surface area (Å²) < 4.78 is 0. The molecule has 0 bridgehead atoms. The second-order valence-electron chi connectivity index (χ2n) is 9.01. The number of hydrogen-bond acceptors (Lipinski definition) is 6. The molecule has 0 aliphatic heterocycles. The fraction of sp³-hybridized carbons (Fsp3) is 0.143. The first-order valence-electron chi connectivity index (χ1n) is 12.0. The Hall–Kier alpha value is -4.92. The Kier molecular flexibility index (Phi) is 5.65. The highest BCUT2D eigenvalue weighted by Crippen LogP contribution is 2.33. The molecule has 0 aromatic carbocycles. The second-order valence-corrected chi connectivity index (χ2v) is 9.01. The molecule has 5 aromatic rings. The Labute approximate surface area is 212 Å². The van der Waals surface area contributed by atoms with E-state index in [1.165, 1.54) is 0 Å². The lowest BCUT2D eigenvalue weighted by atomic mass is 10.1. The number of aromatic amines is 2. The molecular weight excluding hydrogens is 464 g/mol. The van der Waals surface area contributed by atoms with Gasteiger partial charge in [0.1, 0.15) is 5.69 Å². The fourth-order valence-corrected chi connectivity index (χ4v) is 4.26. The molecule has 1 aliphatic rings. The van der Waals surface area contributed by atoms with Gasteiger partial charge in [-0.3, -0.25) is 19.9 Å². The van der Waals surface area contributed by atoms with E-state index in [-0.39, 0.29) is 11.8 Å². The van der Waals surface area contributed by atoms with E-state index in [0.717, 1.165) is 57.7 Å². The molecule has 0 radical (unpaired) electrons. The standard InChI is InChI=1S/C28H24N8O/c1-3-6-21(23-7-4-5-10-30-23)24-16(2)32-27(34-24)25-22-12-19(14-31-26(22)36-35-25)18-11-20(15-29-13-18)33-28(37)17-8-9-17/h3-7,10-15,17H,1,8-9H2,2H3,(H,32,34)(H,33,37)(H,31,35,36)/b21-6-. The lowest BCUT2D eigenvalue weighted by molar-refractivity contribution is -0.117. The number of amides is 1. The topological polar surface area (TPSA) is 125 Å². The zero-order valence-electron chi connectivity index (χ0n) is 20.2. The number of nitrogens with zero attached hydrogens (tertiary/aromatic N) is 5. The van der Waals surface area contributed by atoms with Gasteiger partial charge in [0.05, 0.1) is 28.7 Å². The van der Waals surface area contributed by atoms with Gasteiger partial charge in [0.15, 0.2) is 11.5 Å². The summed E-state index contributed by atoms with van der Waals surface area (Å²) >= 11 is 0. The van der Waals surface area contributed by atoms with E-state index in [9.17, 15) is 4.79 Å². The number of pyridine rings is 3. The van der Waals surface area contributed by atoms with Gasteiger partial charge in [-0.05, 0) is 44.0 Å². The van der Waals surface area contributed by atoms with E-state index < -0.39 is 0 Å². The van der Waals surface area contributed by atoms with Crippen LogP contribution < -0.4 is 5.32 Å². The van der Waals surface area contributed by atoms with Crippen LogP contribution in [0.15, 0.2) is 73.9 Å². The Bertz CT molecular complexity index is 1660. The van der Waals surface area contributed by atoms with Crippen LogP contribution in [-0.2, 0) is 4.79 Å². The van der Waals surface area contributed by atoms with Gasteiger partial charge in [-0.25, -0.2) is 9.97 Å². The highest BCUT2D eigenvalue weighted by molar-refractivity contribution is 5.95. The van der Waals surface area contributed by atoms with Crippen LogP contribution in [0.5, 0.6) is 0 Å². The Morgan fingerprint density at radius 3 is 2.78 bits per heavy atom. The molecule has 9 nitrogen and oxygen atoms in total. The molecule has 1 fully saturated rings. The van der Waals surface area contributed by atoms with E-state index >= 15 is 0 Å². The van der Waals surface area contributed by atoms with Gasteiger partial charge in [0.25, 0.3) is 0 Å². The number of carbonyl (C=O) groups is 1. The highest BCUT2D eigenvalue weighted by atomic mass is 16.2. The number of rotatable bonds is 7. The van der Waals surface area contributed by atoms with Crippen molar-refractivity contribution in [2.45, 2.75) is 19.8 Å². The van der Waals surface area contributed by atoms with E-state index in [1.807, 2.05) is 43.3 Å². The third-order valence-electron chi connectivity index (χ3n) is 6.30. The minimum Gasteiger partial charge on any atom is -0.340 e. The molecule has 3 N–H and O–H groups in total. The van der Waals surface area contributed by atoms with Crippen LogP contribution in [0.25, 0.3) is 39.3 Å². The molecule has 5 heterocycles. The largest absolute Gasteiger partial charge is 0.340 e. The number of aryl methyl sites for hydroxylation is 1. The number of imidazole rings is 1. The summed E-state index contributed by atoms with van der Waals surface area (Å²) in [7, 11) is 0. The smallest absolute Gasteiger partial charge is 0.227 e. The summed E-state index contributed by atoms with van der Waals surface area (Å²) in [4.78, 5) is 33.8. The van der Waals surface area contributed by atoms with E-state index in [2.05, 4.69) is 42.0 Å². The van der Waals surface area contributed by atoms with Gasteiger partial charge in [0, 0.05) is 46.9 Å². The summed E-state index contributed by atoms with van der Waals surface area (Å²) in [6.07, 6.45) is 12.4. The lowest BCUT2D eigenvalue weighted by Gasteiger charge is -2.07. The second kappa shape index (κ2) is 9.27. The summed E-state index contributed by atoms with van der Waals surface area (Å²) in [5.41, 5.74) is 7.03. The van der Waals surface area contributed by atoms with Crippen molar-refractivity contribution in [1.82, 2.24) is 35.1 Å². The number of anilines is 1. The zero-order valence-corrected chi connectivity index (χ0v) is 20.2. The van der Waals surface area contributed by atoms with Crippen molar-refractivity contribution in [1.29, 1.82) is 0 Å². The first-order chi connectivity index (χ1) is 18.1. The predicted molar refractivity (Wildman–Crippen MR) is 142 cm³/mol. The number of allylic oxidation sites excluding steroid dienone is 2. The summed E-state index contributed by atoms with van der Waals surface area (Å²) in [6, 6.07) is 9.68.